The van der Waals surface area contributed by atoms with Crippen molar-refractivity contribution < 1.29 is 4.39 Å². The van der Waals surface area contributed by atoms with Crippen LogP contribution in [0, 0.1) is 12.7 Å². The molecule has 0 atom stereocenters. The second-order valence-electron chi connectivity index (χ2n) is 4.72. The number of hydrogen-bond donors (Lipinski definition) is 1. The van der Waals surface area contributed by atoms with E-state index in [1.807, 2.05) is 20.2 Å². The molecule has 0 amide bonds. The lowest BCUT2D eigenvalue weighted by atomic mass is 10.2. The average Bonchev–Trinajstić information content (AvgIpc) is 2.77. The molecule has 0 fully saturated rings. The molecule has 20 heavy (non-hydrogen) atoms. The van der Waals surface area contributed by atoms with Crippen LogP contribution in [0.1, 0.15) is 11.3 Å². The van der Waals surface area contributed by atoms with Crippen molar-refractivity contribution in [3.05, 3.63) is 53.6 Å². The van der Waals surface area contributed by atoms with Gasteiger partial charge in [-0.1, -0.05) is 0 Å². The predicted molar refractivity (Wildman–Crippen MR) is 76.3 cm³/mol. The average molecular weight is 270 g/mol. The van der Waals surface area contributed by atoms with E-state index in [1.165, 1.54) is 12.1 Å². The van der Waals surface area contributed by atoms with Gasteiger partial charge in [0.1, 0.15) is 5.82 Å². The van der Waals surface area contributed by atoms with Crippen LogP contribution in [0.2, 0.25) is 0 Å². The van der Waals surface area contributed by atoms with Crippen LogP contribution in [0.3, 0.4) is 0 Å². The van der Waals surface area contributed by atoms with Gasteiger partial charge < -0.3 is 5.32 Å². The summed E-state index contributed by atoms with van der Waals surface area (Å²) in [5.74, 6) is -0.258. The van der Waals surface area contributed by atoms with Crippen molar-refractivity contribution in [2.45, 2.75) is 13.5 Å². The minimum absolute atomic E-state index is 0.258. The molecule has 4 nitrogen and oxygen atoms in total. The van der Waals surface area contributed by atoms with E-state index in [0.717, 1.165) is 34.5 Å². The van der Waals surface area contributed by atoms with Crippen LogP contribution in [0.25, 0.3) is 16.7 Å². The number of aryl methyl sites for hydroxylation is 1. The molecular weight excluding hydrogens is 255 g/mol. The zero-order valence-corrected chi connectivity index (χ0v) is 11.4. The molecule has 0 saturated heterocycles. The molecule has 5 heteroatoms. The summed E-state index contributed by atoms with van der Waals surface area (Å²) in [7, 11) is 1.90. The third-order valence-electron chi connectivity index (χ3n) is 3.22. The van der Waals surface area contributed by atoms with E-state index in [9.17, 15) is 4.39 Å². The summed E-state index contributed by atoms with van der Waals surface area (Å²) in [6.45, 7) is 2.72. The van der Waals surface area contributed by atoms with Crippen LogP contribution in [0.5, 0.6) is 0 Å². The Morgan fingerprint density at radius 2 is 2.00 bits per heavy atom. The van der Waals surface area contributed by atoms with Crippen LogP contribution in [-0.2, 0) is 6.54 Å². The molecule has 3 aromatic rings. The Hall–Kier alpha value is -2.27. The maximum absolute atomic E-state index is 13.0. The molecule has 0 aliphatic heterocycles. The second-order valence-corrected chi connectivity index (χ2v) is 4.72. The van der Waals surface area contributed by atoms with Gasteiger partial charge in [0, 0.05) is 18.1 Å². The van der Waals surface area contributed by atoms with E-state index >= 15 is 0 Å². The molecule has 0 saturated carbocycles. The standard InChI is InChI=1S/C15H15FN4/c1-10-14-7-11(8-17-2)9-18-15(14)20(19-10)13-5-3-12(16)4-6-13/h3-7,9,17H,8H2,1-2H3. The first-order valence-corrected chi connectivity index (χ1v) is 6.44. The van der Waals surface area contributed by atoms with Crippen LogP contribution in [0.15, 0.2) is 36.5 Å². The van der Waals surface area contributed by atoms with Gasteiger partial charge in [0.2, 0.25) is 0 Å². The summed E-state index contributed by atoms with van der Waals surface area (Å²) in [5, 5.41) is 8.62. The maximum Gasteiger partial charge on any atom is 0.163 e. The lowest BCUT2D eigenvalue weighted by Crippen LogP contribution is -2.05. The van der Waals surface area contributed by atoms with E-state index in [1.54, 1.807) is 16.8 Å². The highest BCUT2D eigenvalue weighted by atomic mass is 19.1. The fraction of sp³-hybridized carbons (Fsp3) is 0.200. The van der Waals surface area contributed by atoms with Crippen molar-refractivity contribution in [1.82, 2.24) is 20.1 Å². The minimum atomic E-state index is -0.258. The molecule has 0 radical (unpaired) electrons. The third-order valence-corrected chi connectivity index (χ3v) is 3.22. The second kappa shape index (κ2) is 5.02. The zero-order chi connectivity index (χ0) is 14.1. The van der Waals surface area contributed by atoms with Gasteiger partial charge >= 0.3 is 0 Å². The lowest BCUT2D eigenvalue weighted by molar-refractivity contribution is 0.627. The molecule has 0 aliphatic carbocycles. The van der Waals surface area contributed by atoms with E-state index in [2.05, 4.69) is 21.5 Å². The monoisotopic (exact) mass is 270 g/mol. The number of benzene rings is 1. The maximum atomic E-state index is 13.0. The van der Waals surface area contributed by atoms with Gasteiger partial charge in [-0.15, -0.1) is 0 Å². The number of nitrogens with zero attached hydrogens (tertiary/aromatic N) is 3. The van der Waals surface area contributed by atoms with Crippen LogP contribution in [-0.4, -0.2) is 21.8 Å². The summed E-state index contributed by atoms with van der Waals surface area (Å²) in [5.41, 5.74) is 3.61. The van der Waals surface area contributed by atoms with Crippen LogP contribution in [0.4, 0.5) is 4.39 Å². The zero-order valence-electron chi connectivity index (χ0n) is 11.4. The van der Waals surface area contributed by atoms with Crippen molar-refractivity contribution >= 4 is 11.0 Å². The molecule has 3 rings (SSSR count). The number of rotatable bonds is 3. The topological polar surface area (TPSA) is 42.7 Å². The van der Waals surface area contributed by atoms with Crippen molar-refractivity contribution in [3.8, 4) is 5.69 Å². The largest absolute Gasteiger partial charge is 0.316 e. The number of hydrogen-bond acceptors (Lipinski definition) is 3. The third kappa shape index (κ3) is 2.16. The Balaban J connectivity index is 2.15. The first kappa shape index (κ1) is 12.7. The summed E-state index contributed by atoms with van der Waals surface area (Å²) in [6, 6.07) is 8.33. The smallest absolute Gasteiger partial charge is 0.163 e. The molecule has 0 unspecified atom stereocenters. The first-order chi connectivity index (χ1) is 9.69. The Morgan fingerprint density at radius 3 is 2.70 bits per heavy atom. The molecule has 1 N–H and O–H groups in total. The highest BCUT2D eigenvalue weighted by molar-refractivity contribution is 5.80. The van der Waals surface area contributed by atoms with Gasteiger partial charge in [0.25, 0.3) is 0 Å². The number of nitrogens with one attached hydrogen (secondary N) is 1. The van der Waals surface area contributed by atoms with E-state index in [4.69, 9.17) is 0 Å². The molecule has 0 bridgehead atoms. The molecule has 102 valence electrons. The summed E-state index contributed by atoms with van der Waals surface area (Å²) < 4.78 is 14.8. The quantitative estimate of drug-likeness (QED) is 0.795. The van der Waals surface area contributed by atoms with Gasteiger partial charge in [-0.25, -0.2) is 14.1 Å². The number of pyridine rings is 1. The molecule has 2 heterocycles. The highest BCUT2D eigenvalue weighted by Gasteiger charge is 2.11. The highest BCUT2D eigenvalue weighted by Crippen LogP contribution is 2.21. The molecule has 0 aliphatic rings. The SMILES string of the molecule is CNCc1cnc2c(c1)c(C)nn2-c1ccc(F)cc1. The van der Waals surface area contributed by atoms with E-state index in [0.29, 0.717) is 0 Å². The number of fused-ring (bicyclic) bond motifs is 1. The summed E-state index contributed by atoms with van der Waals surface area (Å²) in [6.07, 6.45) is 1.83. The Labute approximate surface area is 116 Å². The summed E-state index contributed by atoms with van der Waals surface area (Å²) in [4.78, 5) is 4.49. The van der Waals surface area contributed by atoms with Crippen molar-refractivity contribution in [2.24, 2.45) is 0 Å². The van der Waals surface area contributed by atoms with Gasteiger partial charge in [0.05, 0.1) is 11.4 Å². The van der Waals surface area contributed by atoms with Gasteiger partial charge in [-0.3, -0.25) is 0 Å². The normalized spacial score (nSPS) is 11.2. The first-order valence-electron chi connectivity index (χ1n) is 6.44. The van der Waals surface area contributed by atoms with Crippen molar-refractivity contribution in [2.75, 3.05) is 7.05 Å². The van der Waals surface area contributed by atoms with Crippen LogP contribution >= 0.6 is 0 Å². The van der Waals surface area contributed by atoms with Crippen LogP contribution < -0.4 is 5.32 Å². The molecule has 0 spiro atoms. The van der Waals surface area contributed by atoms with Gasteiger partial charge in [-0.05, 0) is 49.9 Å². The van der Waals surface area contributed by atoms with Crippen molar-refractivity contribution in [3.63, 3.8) is 0 Å². The van der Waals surface area contributed by atoms with E-state index in [-0.39, 0.29) is 5.82 Å². The fourth-order valence-electron chi connectivity index (χ4n) is 2.25. The number of aromatic nitrogens is 3. The molecule has 2 aromatic heterocycles. The summed E-state index contributed by atoms with van der Waals surface area (Å²) >= 11 is 0. The number of halogens is 1. The Kier molecular flexibility index (Phi) is 3.20. The minimum Gasteiger partial charge on any atom is -0.316 e. The lowest BCUT2D eigenvalue weighted by Gasteiger charge is -2.03. The van der Waals surface area contributed by atoms with Gasteiger partial charge in [-0.2, -0.15) is 5.10 Å². The van der Waals surface area contributed by atoms with Crippen molar-refractivity contribution in [1.29, 1.82) is 0 Å². The van der Waals surface area contributed by atoms with Gasteiger partial charge in [0.15, 0.2) is 5.65 Å². The molecular formula is C15H15FN4. The Morgan fingerprint density at radius 1 is 1.25 bits per heavy atom. The van der Waals surface area contributed by atoms with E-state index < -0.39 is 0 Å². The fourth-order valence-corrected chi connectivity index (χ4v) is 2.25. The predicted octanol–water partition coefficient (Wildman–Crippen LogP) is 2.59. The Bertz CT molecular complexity index is 746. The molecule has 1 aromatic carbocycles.